The molecule has 1 fully saturated rings. The summed E-state index contributed by atoms with van der Waals surface area (Å²) >= 11 is 0. The molecule has 5 heteroatoms. The molecule has 1 amide bonds. The molecule has 20 heavy (non-hydrogen) atoms. The van der Waals surface area contributed by atoms with Gasteiger partial charge in [0.25, 0.3) is 5.91 Å². The van der Waals surface area contributed by atoms with Gasteiger partial charge in [-0.3, -0.25) is 4.79 Å². The number of hydrogen-bond donors (Lipinski definition) is 1. The van der Waals surface area contributed by atoms with Gasteiger partial charge in [0.2, 0.25) is 0 Å². The van der Waals surface area contributed by atoms with Crippen LogP contribution in [0.4, 0.5) is 0 Å². The van der Waals surface area contributed by atoms with Crippen LogP contribution in [0.2, 0.25) is 0 Å². The summed E-state index contributed by atoms with van der Waals surface area (Å²) in [6.07, 6.45) is 7.06. The highest BCUT2D eigenvalue weighted by molar-refractivity contribution is 5.93. The zero-order valence-corrected chi connectivity index (χ0v) is 12.6. The number of amides is 1. The number of likely N-dealkylation sites (tertiary alicyclic amines) is 1. The third-order valence-electron chi connectivity index (χ3n) is 3.81. The van der Waals surface area contributed by atoms with E-state index in [1.807, 2.05) is 0 Å². The van der Waals surface area contributed by atoms with Crippen LogP contribution in [0.1, 0.15) is 44.0 Å². The normalized spacial score (nSPS) is 17.9. The molecule has 0 aliphatic carbocycles. The van der Waals surface area contributed by atoms with Crippen molar-refractivity contribution in [3.05, 3.63) is 24.3 Å². The van der Waals surface area contributed by atoms with E-state index < -0.39 is 0 Å². The van der Waals surface area contributed by atoms with Gasteiger partial charge in [0, 0.05) is 25.0 Å². The van der Waals surface area contributed by atoms with Crippen LogP contribution in [0, 0.1) is 5.41 Å². The lowest BCUT2D eigenvalue weighted by atomic mass is 9.86. The van der Waals surface area contributed by atoms with Crippen LogP contribution in [-0.4, -0.2) is 46.5 Å². The zero-order chi connectivity index (χ0) is 14.6. The summed E-state index contributed by atoms with van der Waals surface area (Å²) in [4.78, 5) is 22.5. The molecule has 0 saturated carbocycles. The molecule has 1 N–H and O–H groups in total. The number of aromatic nitrogens is 2. The highest BCUT2D eigenvalue weighted by Crippen LogP contribution is 2.22. The van der Waals surface area contributed by atoms with Gasteiger partial charge in [-0.25, -0.2) is 9.97 Å². The van der Waals surface area contributed by atoms with Crippen molar-refractivity contribution in [3.8, 4) is 0 Å². The second-order valence-electron chi connectivity index (χ2n) is 6.53. The fraction of sp³-hybridized carbons (Fsp3) is 0.667. The fourth-order valence-corrected chi connectivity index (χ4v) is 2.42. The van der Waals surface area contributed by atoms with Crippen molar-refractivity contribution < 1.29 is 4.79 Å². The van der Waals surface area contributed by atoms with Crippen molar-refractivity contribution in [3.63, 3.8) is 0 Å². The van der Waals surface area contributed by atoms with Gasteiger partial charge in [0.1, 0.15) is 6.33 Å². The van der Waals surface area contributed by atoms with Crippen molar-refractivity contribution >= 4 is 5.91 Å². The molecule has 1 aliphatic heterocycles. The maximum Gasteiger partial charge on any atom is 0.254 e. The third-order valence-corrected chi connectivity index (χ3v) is 3.81. The van der Waals surface area contributed by atoms with Crippen LogP contribution in [0.5, 0.6) is 0 Å². The summed E-state index contributed by atoms with van der Waals surface area (Å²) in [5.41, 5.74) is 0.539. The summed E-state index contributed by atoms with van der Waals surface area (Å²) < 4.78 is 0. The molecule has 1 atom stereocenters. The van der Waals surface area contributed by atoms with Crippen LogP contribution < -0.4 is 5.32 Å². The van der Waals surface area contributed by atoms with Gasteiger partial charge >= 0.3 is 0 Å². The third kappa shape index (κ3) is 4.00. The van der Waals surface area contributed by atoms with Crippen LogP contribution in [0.25, 0.3) is 0 Å². The largest absolute Gasteiger partial charge is 0.347 e. The lowest BCUT2D eigenvalue weighted by Gasteiger charge is -2.34. The maximum atomic E-state index is 12.3. The van der Waals surface area contributed by atoms with Crippen LogP contribution >= 0.6 is 0 Å². The van der Waals surface area contributed by atoms with Gasteiger partial charge in [-0.1, -0.05) is 20.8 Å². The van der Waals surface area contributed by atoms with Crippen molar-refractivity contribution in [2.75, 3.05) is 19.6 Å². The van der Waals surface area contributed by atoms with E-state index in [-0.39, 0.29) is 17.4 Å². The van der Waals surface area contributed by atoms with Gasteiger partial charge in [-0.05, 0) is 31.3 Å². The Balaban J connectivity index is 2.02. The fourth-order valence-electron chi connectivity index (χ4n) is 2.42. The second kappa shape index (κ2) is 6.31. The lowest BCUT2D eigenvalue weighted by Crippen LogP contribution is -2.50. The van der Waals surface area contributed by atoms with E-state index in [9.17, 15) is 4.79 Å². The smallest absolute Gasteiger partial charge is 0.254 e. The number of hydrogen-bond acceptors (Lipinski definition) is 4. The predicted octanol–water partition coefficient (Wildman–Crippen LogP) is 1.72. The zero-order valence-electron chi connectivity index (χ0n) is 12.6. The number of carbonyl (C=O) groups is 1. The molecule has 2 heterocycles. The Morgan fingerprint density at radius 3 is 2.45 bits per heavy atom. The van der Waals surface area contributed by atoms with E-state index in [2.05, 4.69) is 41.0 Å². The van der Waals surface area contributed by atoms with E-state index in [0.29, 0.717) is 5.56 Å². The van der Waals surface area contributed by atoms with Crippen molar-refractivity contribution in [1.82, 2.24) is 20.2 Å². The minimum atomic E-state index is -0.0929. The van der Waals surface area contributed by atoms with Gasteiger partial charge in [-0.15, -0.1) is 0 Å². The minimum absolute atomic E-state index is 0.0217. The quantitative estimate of drug-likeness (QED) is 0.909. The molecule has 0 radical (unpaired) electrons. The number of nitrogens with zero attached hydrogens (tertiary/aromatic N) is 3. The van der Waals surface area contributed by atoms with E-state index in [0.717, 1.165) is 19.6 Å². The molecule has 2 rings (SSSR count). The first-order chi connectivity index (χ1) is 9.47. The average Bonchev–Trinajstić information content (AvgIpc) is 2.91. The SMILES string of the molecule is CC(C)(C)C(CN1CCCC1)NC(=O)c1cncnc1. The molecular formula is C15H24N4O. The summed E-state index contributed by atoms with van der Waals surface area (Å²) in [5.74, 6) is -0.0929. The maximum absolute atomic E-state index is 12.3. The van der Waals surface area contributed by atoms with E-state index in [1.54, 1.807) is 12.4 Å². The Bertz CT molecular complexity index is 435. The summed E-state index contributed by atoms with van der Waals surface area (Å²) in [6.45, 7) is 9.66. The summed E-state index contributed by atoms with van der Waals surface area (Å²) in [5, 5.41) is 3.14. The molecule has 1 saturated heterocycles. The van der Waals surface area contributed by atoms with Crippen LogP contribution in [0.3, 0.4) is 0 Å². The van der Waals surface area contributed by atoms with Gasteiger partial charge < -0.3 is 10.2 Å². The molecule has 5 nitrogen and oxygen atoms in total. The number of nitrogens with one attached hydrogen (secondary N) is 1. The molecule has 1 aromatic rings. The highest BCUT2D eigenvalue weighted by atomic mass is 16.1. The van der Waals surface area contributed by atoms with Gasteiger partial charge in [0.15, 0.2) is 0 Å². The molecule has 0 aromatic carbocycles. The second-order valence-corrected chi connectivity index (χ2v) is 6.53. The molecule has 1 aliphatic rings. The molecular weight excluding hydrogens is 252 g/mol. The van der Waals surface area contributed by atoms with E-state index in [1.165, 1.54) is 19.2 Å². The first kappa shape index (κ1) is 14.9. The van der Waals surface area contributed by atoms with Gasteiger partial charge in [-0.2, -0.15) is 0 Å². The Morgan fingerprint density at radius 2 is 1.90 bits per heavy atom. The number of rotatable bonds is 4. The van der Waals surface area contributed by atoms with Crippen molar-refractivity contribution in [2.24, 2.45) is 5.41 Å². The molecule has 1 unspecified atom stereocenters. The van der Waals surface area contributed by atoms with Crippen molar-refractivity contribution in [1.29, 1.82) is 0 Å². The monoisotopic (exact) mass is 276 g/mol. The molecule has 110 valence electrons. The Hall–Kier alpha value is -1.49. The molecule has 1 aromatic heterocycles. The van der Waals surface area contributed by atoms with E-state index in [4.69, 9.17) is 0 Å². The van der Waals surface area contributed by atoms with Crippen LogP contribution in [0.15, 0.2) is 18.7 Å². The molecule has 0 spiro atoms. The van der Waals surface area contributed by atoms with Crippen LogP contribution in [-0.2, 0) is 0 Å². The molecule has 0 bridgehead atoms. The first-order valence-corrected chi connectivity index (χ1v) is 7.25. The average molecular weight is 276 g/mol. The predicted molar refractivity (Wildman–Crippen MR) is 78.4 cm³/mol. The highest BCUT2D eigenvalue weighted by Gasteiger charge is 2.29. The number of carbonyl (C=O) groups excluding carboxylic acids is 1. The summed E-state index contributed by atoms with van der Waals surface area (Å²) in [7, 11) is 0. The topological polar surface area (TPSA) is 58.1 Å². The Morgan fingerprint density at radius 1 is 1.30 bits per heavy atom. The lowest BCUT2D eigenvalue weighted by molar-refractivity contribution is 0.0877. The Labute approximate surface area is 120 Å². The minimum Gasteiger partial charge on any atom is -0.347 e. The standard InChI is InChI=1S/C15H24N4O/c1-15(2,3)13(10-19-6-4-5-7-19)18-14(20)12-8-16-11-17-9-12/h8-9,11,13H,4-7,10H2,1-3H3,(H,18,20). The Kier molecular flexibility index (Phi) is 4.70. The summed E-state index contributed by atoms with van der Waals surface area (Å²) in [6, 6.07) is 0.119. The first-order valence-electron chi connectivity index (χ1n) is 7.25. The van der Waals surface area contributed by atoms with Crippen molar-refractivity contribution in [2.45, 2.75) is 39.7 Å². The van der Waals surface area contributed by atoms with E-state index >= 15 is 0 Å². The van der Waals surface area contributed by atoms with Gasteiger partial charge in [0.05, 0.1) is 5.56 Å².